The molecule has 0 unspecified atom stereocenters. The first kappa shape index (κ1) is 11.1. The van der Waals surface area contributed by atoms with Crippen molar-refractivity contribution in [2.45, 2.75) is 5.03 Å². The first-order valence-electron chi connectivity index (χ1n) is 5.23. The number of benzene rings is 2. The molecule has 18 heavy (non-hydrogen) atoms. The highest BCUT2D eigenvalue weighted by Crippen LogP contribution is 2.22. The van der Waals surface area contributed by atoms with Gasteiger partial charge in [-0.3, -0.25) is 4.98 Å². The minimum atomic E-state index is -3.82. The Bertz CT molecular complexity index is 859. The highest BCUT2D eigenvalue weighted by molar-refractivity contribution is 7.89. The molecule has 0 saturated carbocycles. The van der Waals surface area contributed by atoms with Crippen LogP contribution in [0, 0.1) is 0 Å². The second-order valence-corrected chi connectivity index (χ2v) is 5.42. The molecule has 5 nitrogen and oxygen atoms in total. The van der Waals surface area contributed by atoms with Crippen molar-refractivity contribution in [3.63, 3.8) is 0 Å². The van der Waals surface area contributed by atoms with Gasteiger partial charge in [-0.1, -0.05) is 30.3 Å². The Hall–Kier alpha value is -2.05. The topological polar surface area (TPSA) is 85.9 Å². The number of hydrogen-bond donors (Lipinski definition) is 1. The van der Waals surface area contributed by atoms with Gasteiger partial charge in [0.15, 0.2) is 5.03 Å². The zero-order chi connectivity index (χ0) is 12.8. The normalized spacial score (nSPS) is 12.1. The van der Waals surface area contributed by atoms with Gasteiger partial charge in [0.2, 0.25) is 0 Å². The Morgan fingerprint density at radius 2 is 1.83 bits per heavy atom. The van der Waals surface area contributed by atoms with Crippen molar-refractivity contribution in [3.05, 3.63) is 42.6 Å². The first-order valence-corrected chi connectivity index (χ1v) is 6.78. The summed E-state index contributed by atoms with van der Waals surface area (Å²) in [6.07, 6.45) is 1.18. The Labute approximate surface area is 103 Å². The molecule has 0 bridgehead atoms. The van der Waals surface area contributed by atoms with E-state index in [1.807, 2.05) is 30.3 Å². The fourth-order valence-electron chi connectivity index (χ4n) is 1.87. The van der Waals surface area contributed by atoms with E-state index < -0.39 is 10.0 Å². The van der Waals surface area contributed by atoms with Gasteiger partial charge in [0, 0.05) is 5.39 Å². The maximum atomic E-state index is 11.2. The predicted octanol–water partition coefficient (Wildman–Crippen LogP) is 1.43. The van der Waals surface area contributed by atoms with Crippen LogP contribution in [0.3, 0.4) is 0 Å². The fourth-order valence-corrected chi connectivity index (χ4v) is 2.30. The lowest BCUT2D eigenvalue weighted by Crippen LogP contribution is -2.14. The molecule has 1 aromatic heterocycles. The number of aromatic nitrogens is 2. The molecule has 90 valence electrons. The van der Waals surface area contributed by atoms with Crippen molar-refractivity contribution in [1.29, 1.82) is 0 Å². The van der Waals surface area contributed by atoms with Crippen molar-refractivity contribution in [3.8, 4) is 0 Å². The summed E-state index contributed by atoms with van der Waals surface area (Å²) in [7, 11) is -3.82. The monoisotopic (exact) mass is 259 g/mol. The van der Waals surface area contributed by atoms with Gasteiger partial charge in [0.05, 0.1) is 17.2 Å². The number of hydrogen-bond acceptors (Lipinski definition) is 4. The first-order chi connectivity index (χ1) is 8.55. The molecule has 3 rings (SSSR count). The Morgan fingerprint density at radius 3 is 2.61 bits per heavy atom. The quantitative estimate of drug-likeness (QED) is 0.670. The standard InChI is InChI=1S/C12H9N3O2S/c13-18(16,17)11-7-14-12-9-4-2-1-3-8(9)5-6-10(12)15-11/h1-7H,(H2,13,16,17). The van der Waals surface area contributed by atoms with Crippen molar-refractivity contribution >= 4 is 31.8 Å². The van der Waals surface area contributed by atoms with Crippen molar-refractivity contribution in [2.24, 2.45) is 5.14 Å². The summed E-state index contributed by atoms with van der Waals surface area (Å²) in [5.41, 5.74) is 1.18. The van der Waals surface area contributed by atoms with Crippen molar-refractivity contribution < 1.29 is 8.42 Å². The summed E-state index contributed by atoms with van der Waals surface area (Å²) in [6, 6.07) is 11.3. The predicted molar refractivity (Wildman–Crippen MR) is 68.4 cm³/mol. The summed E-state index contributed by atoms with van der Waals surface area (Å²) < 4.78 is 22.4. The number of fused-ring (bicyclic) bond motifs is 3. The summed E-state index contributed by atoms with van der Waals surface area (Å²) in [5, 5.41) is 6.78. The second kappa shape index (κ2) is 3.72. The van der Waals surface area contributed by atoms with Gasteiger partial charge in [-0.15, -0.1) is 0 Å². The van der Waals surface area contributed by atoms with Crippen molar-refractivity contribution in [2.75, 3.05) is 0 Å². The van der Waals surface area contributed by atoms with Gasteiger partial charge < -0.3 is 0 Å². The number of sulfonamides is 1. The SMILES string of the molecule is NS(=O)(=O)c1cnc2c(ccc3ccccc32)n1. The molecular formula is C12H9N3O2S. The van der Waals surface area contributed by atoms with Crippen LogP contribution in [0.2, 0.25) is 0 Å². The molecule has 2 N–H and O–H groups in total. The zero-order valence-corrected chi connectivity index (χ0v) is 10.1. The van der Waals surface area contributed by atoms with E-state index in [0.29, 0.717) is 11.0 Å². The van der Waals surface area contributed by atoms with E-state index in [1.165, 1.54) is 6.20 Å². The van der Waals surface area contributed by atoms with Crippen LogP contribution in [0.25, 0.3) is 21.8 Å². The molecule has 0 amide bonds. The third-order valence-corrected chi connectivity index (χ3v) is 3.49. The number of nitrogens with two attached hydrogens (primary N) is 1. The molecule has 0 fully saturated rings. The molecule has 0 radical (unpaired) electrons. The van der Waals surface area contributed by atoms with Crippen LogP contribution in [0.1, 0.15) is 0 Å². The molecule has 0 aliphatic rings. The van der Waals surface area contributed by atoms with E-state index in [4.69, 9.17) is 5.14 Å². The van der Waals surface area contributed by atoms with Crippen LogP contribution in [0.4, 0.5) is 0 Å². The maximum absolute atomic E-state index is 11.2. The molecule has 0 aliphatic carbocycles. The van der Waals surface area contributed by atoms with Crippen LogP contribution in [-0.2, 0) is 10.0 Å². The van der Waals surface area contributed by atoms with E-state index in [9.17, 15) is 8.42 Å². The molecule has 6 heteroatoms. The molecule has 3 aromatic rings. The van der Waals surface area contributed by atoms with E-state index in [2.05, 4.69) is 9.97 Å². The number of nitrogens with zero attached hydrogens (tertiary/aromatic N) is 2. The molecule has 0 atom stereocenters. The van der Waals surface area contributed by atoms with Gasteiger partial charge >= 0.3 is 0 Å². The molecule has 0 spiro atoms. The van der Waals surface area contributed by atoms with E-state index >= 15 is 0 Å². The van der Waals surface area contributed by atoms with Gasteiger partial charge in [0.25, 0.3) is 10.0 Å². The highest BCUT2D eigenvalue weighted by atomic mass is 32.2. The largest absolute Gasteiger partial charge is 0.257 e. The van der Waals surface area contributed by atoms with E-state index in [-0.39, 0.29) is 5.03 Å². The van der Waals surface area contributed by atoms with Crippen LogP contribution in [0.15, 0.2) is 47.6 Å². The van der Waals surface area contributed by atoms with Crippen molar-refractivity contribution in [1.82, 2.24) is 9.97 Å². The fraction of sp³-hybridized carbons (Fsp3) is 0. The minimum absolute atomic E-state index is 0.217. The zero-order valence-electron chi connectivity index (χ0n) is 9.24. The average Bonchev–Trinajstić information content (AvgIpc) is 2.37. The van der Waals surface area contributed by atoms with E-state index in [1.54, 1.807) is 6.07 Å². The van der Waals surface area contributed by atoms with Crippen LogP contribution >= 0.6 is 0 Å². The minimum Gasteiger partial charge on any atom is -0.251 e. The lowest BCUT2D eigenvalue weighted by atomic mass is 10.1. The Balaban J connectivity index is 2.42. The lowest BCUT2D eigenvalue weighted by Gasteiger charge is -2.03. The Morgan fingerprint density at radius 1 is 1.06 bits per heavy atom. The smallest absolute Gasteiger partial charge is 0.251 e. The van der Waals surface area contributed by atoms with Gasteiger partial charge in [-0.25, -0.2) is 18.5 Å². The second-order valence-electron chi connectivity index (χ2n) is 3.91. The molecule has 0 aliphatic heterocycles. The van der Waals surface area contributed by atoms with Crippen LogP contribution < -0.4 is 5.14 Å². The summed E-state index contributed by atoms with van der Waals surface area (Å²) in [6.45, 7) is 0. The summed E-state index contributed by atoms with van der Waals surface area (Å²) >= 11 is 0. The van der Waals surface area contributed by atoms with Gasteiger partial charge in [-0.2, -0.15) is 0 Å². The molecule has 2 aromatic carbocycles. The third kappa shape index (κ3) is 1.71. The van der Waals surface area contributed by atoms with Crippen LogP contribution in [-0.4, -0.2) is 18.4 Å². The van der Waals surface area contributed by atoms with Gasteiger partial charge in [0.1, 0.15) is 0 Å². The number of rotatable bonds is 1. The number of primary sulfonamides is 1. The molecule has 0 saturated heterocycles. The highest BCUT2D eigenvalue weighted by Gasteiger charge is 2.12. The lowest BCUT2D eigenvalue weighted by molar-refractivity contribution is 0.594. The van der Waals surface area contributed by atoms with E-state index in [0.717, 1.165) is 10.8 Å². The Kier molecular flexibility index (Phi) is 2.29. The van der Waals surface area contributed by atoms with Crippen LogP contribution in [0.5, 0.6) is 0 Å². The maximum Gasteiger partial charge on any atom is 0.257 e. The summed E-state index contributed by atoms with van der Waals surface area (Å²) in [4.78, 5) is 8.18. The average molecular weight is 259 g/mol. The van der Waals surface area contributed by atoms with Gasteiger partial charge in [-0.05, 0) is 11.5 Å². The molecular weight excluding hydrogens is 250 g/mol. The summed E-state index contributed by atoms with van der Waals surface area (Å²) in [5.74, 6) is 0. The third-order valence-electron chi connectivity index (χ3n) is 2.71. The molecule has 1 heterocycles.